The minimum absolute atomic E-state index is 0.638. The molecule has 0 bridgehead atoms. The number of ether oxygens (including phenoxy) is 2. The Morgan fingerprint density at radius 1 is 1.45 bits per heavy atom. The van der Waals surface area contributed by atoms with E-state index >= 15 is 0 Å². The van der Waals surface area contributed by atoms with E-state index in [4.69, 9.17) is 9.47 Å². The number of thiazole rings is 1. The molecule has 1 aromatic rings. The summed E-state index contributed by atoms with van der Waals surface area (Å²) in [6.07, 6.45) is 1.75. The maximum Gasteiger partial charge on any atom is 0.202 e. The molecule has 0 saturated heterocycles. The van der Waals surface area contributed by atoms with Crippen LogP contribution >= 0.6 is 11.3 Å². The summed E-state index contributed by atoms with van der Waals surface area (Å²) in [5.41, 5.74) is 1.76. The molecule has 4 heteroatoms. The third-order valence-corrected chi connectivity index (χ3v) is 2.62. The van der Waals surface area contributed by atoms with Crippen molar-refractivity contribution in [3.05, 3.63) is 16.6 Å². The summed E-state index contributed by atoms with van der Waals surface area (Å²) in [5.74, 6) is -0.638. The predicted octanol–water partition coefficient (Wildman–Crippen LogP) is 1.61. The molecule has 0 N–H and O–H groups in total. The van der Waals surface area contributed by atoms with Crippen LogP contribution in [0.3, 0.4) is 0 Å². The Labute approximate surface area is 70.0 Å². The van der Waals surface area contributed by atoms with Crippen LogP contribution in [0.4, 0.5) is 0 Å². The zero-order valence-corrected chi connectivity index (χ0v) is 7.64. The van der Waals surface area contributed by atoms with Gasteiger partial charge in [0.1, 0.15) is 0 Å². The fourth-order valence-corrected chi connectivity index (χ4v) is 1.46. The minimum atomic E-state index is -0.638. The molecule has 1 rings (SSSR count). The fourth-order valence-electron chi connectivity index (χ4n) is 0.725. The van der Waals surface area contributed by atoms with Crippen LogP contribution in [-0.4, -0.2) is 19.2 Å². The molecule has 0 aliphatic rings. The topological polar surface area (TPSA) is 31.4 Å². The Morgan fingerprint density at radius 3 is 2.45 bits per heavy atom. The summed E-state index contributed by atoms with van der Waals surface area (Å²) < 4.78 is 10.4. The number of hydrogen-bond donors (Lipinski definition) is 0. The van der Waals surface area contributed by atoms with Crippen molar-refractivity contribution in [1.82, 2.24) is 4.98 Å². The number of nitrogens with zero attached hydrogens (tertiary/aromatic N) is 1. The number of methoxy groups -OCH3 is 2. The van der Waals surface area contributed by atoms with E-state index in [9.17, 15) is 0 Å². The second-order valence-electron chi connectivity index (χ2n) is 2.22. The summed E-state index contributed by atoms with van der Waals surface area (Å²) >= 11 is 1.52. The van der Waals surface area contributed by atoms with Crippen LogP contribution in [0.5, 0.6) is 0 Å². The molecule has 1 aromatic heterocycles. The molecule has 0 saturated carbocycles. The van der Waals surface area contributed by atoms with Crippen molar-refractivity contribution in [1.29, 1.82) is 0 Å². The first-order chi connectivity index (χ1) is 5.23. The van der Waals surface area contributed by atoms with Gasteiger partial charge in [-0.3, -0.25) is 4.98 Å². The lowest BCUT2D eigenvalue weighted by Gasteiger charge is -2.23. The highest BCUT2D eigenvalue weighted by Crippen LogP contribution is 2.27. The Bertz CT molecular complexity index is 206. The van der Waals surface area contributed by atoms with E-state index in [1.54, 1.807) is 25.9 Å². The van der Waals surface area contributed by atoms with Crippen LogP contribution in [0.1, 0.15) is 11.8 Å². The SMILES string of the molecule is COC(C)(OC)c1cncs1. The highest BCUT2D eigenvalue weighted by Gasteiger charge is 2.26. The maximum absolute atomic E-state index is 5.18. The second kappa shape index (κ2) is 3.30. The van der Waals surface area contributed by atoms with Gasteiger partial charge in [0.2, 0.25) is 5.79 Å². The van der Waals surface area contributed by atoms with Gasteiger partial charge in [0.25, 0.3) is 0 Å². The lowest BCUT2D eigenvalue weighted by Crippen LogP contribution is -2.25. The molecule has 0 fully saturated rings. The van der Waals surface area contributed by atoms with Gasteiger partial charge in [-0.1, -0.05) is 0 Å². The standard InChI is InChI=1S/C7H11NO2S/c1-7(9-2,10-3)6-4-8-5-11-6/h4-5H,1-3H3. The first-order valence-electron chi connectivity index (χ1n) is 3.22. The Morgan fingerprint density at radius 2 is 2.09 bits per heavy atom. The van der Waals surface area contributed by atoms with Gasteiger partial charge in [-0.2, -0.15) is 0 Å². The fraction of sp³-hybridized carbons (Fsp3) is 0.571. The van der Waals surface area contributed by atoms with Crippen molar-refractivity contribution in [2.75, 3.05) is 14.2 Å². The summed E-state index contributed by atoms with van der Waals surface area (Å²) in [5, 5.41) is 0. The molecule has 62 valence electrons. The quantitative estimate of drug-likeness (QED) is 0.651. The van der Waals surface area contributed by atoms with Crippen molar-refractivity contribution < 1.29 is 9.47 Å². The summed E-state index contributed by atoms with van der Waals surface area (Å²) in [7, 11) is 3.23. The van der Waals surface area contributed by atoms with E-state index in [-0.39, 0.29) is 0 Å². The van der Waals surface area contributed by atoms with Crippen LogP contribution in [0.15, 0.2) is 11.7 Å². The monoisotopic (exact) mass is 173 g/mol. The second-order valence-corrected chi connectivity index (χ2v) is 3.11. The number of hydrogen-bond acceptors (Lipinski definition) is 4. The van der Waals surface area contributed by atoms with Crippen molar-refractivity contribution in [2.24, 2.45) is 0 Å². The van der Waals surface area contributed by atoms with E-state index in [1.165, 1.54) is 11.3 Å². The zero-order chi connectivity index (χ0) is 8.32. The summed E-state index contributed by atoms with van der Waals surface area (Å²) in [6.45, 7) is 1.86. The third-order valence-electron chi connectivity index (χ3n) is 1.66. The minimum Gasteiger partial charge on any atom is -0.349 e. The zero-order valence-electron chi connectivity index (χ0n) is 6.83. The molecule has 0 aliphatic heterocycles. The van der Waals surface area contributed by atoms with Crippen molar-refractivity contribution in [3.63, 3.8) is 0 Å². The molecule has 0 aliphatic carbocycles. The predicted molar refractivity (Wildman–Crippen MR) is 43.5 cm³/mol. The molecule has 0 unspecified atom stereocenters. The van der Waals surface area contributed by atoms with Gasteiger partial charge in [0, 0.05) is 20.4 Å². The van der Waals surface area contributed by atoms with Crippen LogP contribution < -0.4 is 0 Å². The average Bonchev–Trinajstić information content (AvgIpc) is 2.55. The molecule has 11 heavy (non-hydrogen) atoms. The Balaban J connectivity index is 2.87. The van der Waals surface area contributed by atoms with Crippen LogP contribution in [-0.2, 0) is 15.3 Å². The van der Waals surface area contributed by atoms with Gasteiger partial charge >= 0.3 is 0 Å². The van der Waals surface area contributed by atoms with Gasteiger partial charge in [-0.05, 0) is 6.92 Å². The molecule has 0 atom stereocenters. The van der Waals surface area contributed by atoms with Crippen molar-refractivity contribution in [3.8, 4) is 0 Å². The Kier molecular flexibility index (Phi) is 2.59. The highest BCUT2D eigenvalue weighted by molar-refractivity contribution is 7.09. The largest absolute Gasteiger partial charge is 0.349 e. The summed E-state index contributed by atoms with van der Waals surface area (Å²) in [6, 6.07) is 0. The van der Waals surface area contributed by atoms with E-state index in [2.05, 4.69) is 4.98 Å². The summed E-state index contributed by atoms with van der Waals surface area (Å²) in [4.78, 5) is 4.92. The van der Waals surface area contributed by atoms with Crippen LogP contribution in [0, 0.1) is 0 Å². The number of rotatable bonds is 3. The maximum atomic E-state index is 5.18. The van der Waals surface area contributed by atoms with Gasteiger partial charge in [-0.15, -0.1) is 11.3 Å². The highest BCUT2D eigenvalue weighted by atomic mass is 32.1. The van der Waals surface area contributed by atoms with Gasteiger partial charge in [0.05, 0.1) is 10.4 Å². The lowest BCUT2D eigenvalue weighted by molar-refractivity contribution is -0.199. The molecule has 0 radical (unpaired) electrons. The van der Waals surface area contributed by atoms with E-state index in [0.717, 1.165) is 4.88 Å². The average molecular weight is 173 g/mol. The van der Waals surface area contributed by atoms with Gasteiger partial charge in [-0.25, -0.2) is 0 Å². The van der Waals surface area contributed by atoms with Crippen LogP contribution in [0.2, 0.25) is 0 Å². The van der Waals surface area contributed by atoms with Gasteiger partial charge in [0.15, 0.2) is 0 Å². The van der Waals surface area contributed by atoms with Crippen molar-refractivity contribution in [2.45, 2.75) is 12.7 Å². The first kappa shape index (κ1) is 8.64. The normalized spacial score (nSPS) is 11.9. The smallest absolute Gasteiger partial charge is 0.202 e. The van der Waals surface area contributed by atoms with Crippen molar-refractivity contribution >= 4 is 11.3 Å². The molecule has 0 amide bonds. The molecule has 0 spiro atoms. The van der Waals surface area contributed by atoms with Crippen LogP contribution in [0.25, 0.3) is 0 Å². The first-order valence-corrected chi connectivity index (χ1v) is 4.10. The molecule has 3 nitrogen and oxygen atoms in total. The van der Waals surface area contributed by atoms with E-state index in [1.807, 2.05) is 6.92 Å². The van der Waals surface area contributed by atoms with E-state index < -0.39 is 5.79 Å². The third kappa shape index (κ3) is 1.58. The molecule has 0 aromatic carbocycles. The Hall–Kier alpha value is -0.450. The van der Waals surface area contributed by atoms with E-state index in [0.29, 0.717) is 0 Å². The molecular formula is C7H11NO2S. The molecule has 1 heterocycles. The lowest BCUT2D eigenvalue weighted by atomic mass is 10.3. The van der Waals surface area contributed by atoms with Gasteiger partial charge < -0.3 is 9.47 Å². The number of aromatic nitrogens is 1. The molecular weight excluding hydrogens is 162 g/mol.